The molecule has 1 aliphatic rings. The second kappa shape index (κ2) is 10.2. The highest BCUT2D eigenvalue weighted by atomic mass is 16.5. The summed E-state index contributed by atoms with van der Waals surface area (Å²) in [7, 11) is 0. The number of nitrogens with zero attached hydrogens (tertiary/aromatic N) is 2. The summed E-state index contributed by atoms with van der Waals surface area (Å²) in [5.41, 5.74) is 2.34. The fourth-order valence-electron chi connectivity index (χ4n) is 3.77. The van der Waals surface area contributed by atoms with Crippen molar-refractivity contribution in [3.8, 4) is 0 Å². The SMILES string of the molecule is CCN(Cc1ccccc1)C1CCCCN1CC(=O)OCc1ccccc1. The van der Waals surface area contributed by atoms with Crippen LogP contribution in [0.25, 0.3) is 0 Å². The van der Waals surface area contributed by atoms with E-state index in [4.69, 9.17) is 4.74 Å². The van der Waals surface area contributed by atoms with Gasteiger partial charge in [-0.3, -0.25) is 14.6 Å². The molecule has 4 nitrogen and oxygen atoms in total. The predicted octanol–water partition coefficient (Wildman–Crippen LogP) is 4.06. The molecule has 0 radical (unpaired) electrons. The average molecular weight is 367 g/mol. The number of rotatable bonds is 8. The van der Waals surface area contributed by atoms with Gasteiger partial charge in [-0.15, -0.1) is 0 Å². The van der Waals surface area contributed by atoms with Gasteiger partial charge >= 0.3 is 5.97 Å². The first kappa shape index (κ1) is 19.6. The molecule has 1 saturated heterocycles. The molecule has 1 heterocycles. The van der Waals surface area contributed by atoms with E-state index in [9.17, 15) is 4.79 Å². The fraction of sp³-hybridized carbons (Fsp3) is 0.435. The van der Waals surface area contributed by atoms with Crippen LogP contribution in [-0.4, -0.2) is 41.6 Å². The number of likely N-dealkylation sites (tertiary alicyclic amines) is 1. The second-order valence-electron chi connectivity index (χ2n) is 7.14. The Morgan fingerprint density at radius 3 is 2.37 bits per heavy atom. The topological polar surface area (TPSA) is 32.8 Å². The van der Waals surface area contributed by atoms with E-state index in [0.717, 1.165) is 38.0 Å². The van der Waals surface area contributed by atoms with E-state index in [1.54, 1.807) is 0 Å². The fourth-order valence-corrected chi connectivity index (χ4v) is 3.77. The van der Waals surface area contributed by atoms with E-state index in [1.807, 2.05) is 30.3 Å². The summed E-state index contributed by atoms with van der Waals surface area (Å²) in [6.45, 7) is 5.75. The first-order valence-electron chi connectivity index (χ1n) is 9.98. The maximum atomic E-state index is 12.4. The number of esters is 1. The Hall–Kier alpha value is -2.17. The van der Waals surface area contributed by atoms with Crippen molar-refractivity contribution in [1.29, 1.82) is 0 Å². The Morgan fingerprint density at radius 2 is 1.70 bits per heavy atom. The Balaban J connectivity index is 1.57. The largest absolute Gasteiger partial charge is 0.460 e. The lowest BCUT2D eigenvalue weighted by atomic mass is 10.1. The number of ether oxygens (including phenoxy) is 1. The molecule has 2 aromatic rings. The molecule has 144 valence electrons. The summed E-state index contributed by atoms with van der Waals surface area (Å²) >= 11 is 0. The van der Waals surface area contributed by atoms with Crippen molar-refractivity contribution in [2.24, 2.45) is 0 Å². The maximum Gasteiger partial charge on any atom is 0.320 e. The number of carbonyl (C=O) groups is 1. The summed E-state index contributed by atoms with van der Waals surface area (Å²) in [6.07, 6.45) is 3.76. The lowest BCUT2D eigenvalue weighted by molar-refractivity contribution is -0.149. The monoisotopic (exact) mass is 366 g/mol. The van der Waals surface area contributed by atoms with Gasteiger partial charge in [0.1, 0.15) is 6.61 Å². The Kier molecular flexibility index (Phi) is 7.43. The lowest BCUT2D eigenvalue weighted by Gasteiger charge is -2.42. The highest BCUT2D eigenvalue weighted by Crippen LogP contribution is 2.22. The van der Waals surface area contributed by atoms with Crippen LogP contribution < -0.4 is 0 Å². The van der Waals surface area contributed by atoms with Crippen LogP contribution in [0.2, 0.25) is 0 Å². The molecule has 0 N–H and O–H groups in total. The molecule has 1 aliphatic heterocycles. The molecule has 2 aromatic carbocycles. The third-order valence-electron chi connectivity index (χ3n) is 5.21. The van der Waals surface area contributed by atoms with Crippen molar-refractivity contribution >= 4 is 5.97 Å². The van der Waals surface area contributed by atoms with Gasteiger partial charge in [0.2, 0.25) is 0 Å². The number of hydrogen-bond donors (Lipinski definition) is 0. The number of hydrogen-bond acceptors (Lipinski definition) is 4. The zero-order valence-corrected chi connectivity index (χ0v) is 16.2. The number of benzene rings is 2. The maximum absolute atomic E-state index is 12.4. The average Bonchev–Trinajstić information content (AvgIpc) is 2.73. The highest BCUT2D eigenvalue weighted by Gasteiger charge is 2.29. The van der Waals surface area contributed by atoms with Gasteiger partial charge in [0.15, 0.2) is 0 Å². The van der Waals surface area contributed by atoms with E-state index < -0.39 is 0 Å². The van der Waals surface area contributed by atoms with Gasteiger partial charge in [-0.25, -0.2) is 0 Å². The molecule has 3 rings (SSSR count). The van der Waals surface area contributed by atoms with E-state index in [0.29, 0.717) is 19.3 Å². The molecule has 27 heavy (non-hydrogen) atoms. The molecular formula is C23H30N2O2. The summed E-state index contributed by atoms with van der Waals surface area (Å²) in [4.78, 5) is 17.2. The van der Waals surface area contributed by atoms with Crippen LogP contribution in [0, 0.1) is 0 Å². The normalized spacial score (nSPS) is 17.8. The van der Waals surface area contributed by atoms with E-state index in [1.165, 1.54) is 12.0 Å². The molecule has 0 bridgehead atoms. The molecule has 0 aromatic heterocycles. The lowest BCUT2D eigenvalue weighted by Crippen LogP contribution is -2.52. The Morgan fingerprint density at radius 1 is 1.04 bits per heavy atom. The van der Waals surface area contributed by atoms with Gasteiger partial charge in [0.05, 0.1) is 12.7 Å². The first-order valence-corrected chi connectivity index (χ1v) is 9.98. The predicted molar refractivity (Wildman–Crippen MR) is 108 cm³/mol. The summed E-state index contributed by atoms with van der Waals surface area (Å²) in [5.74, 6) is -0.137. The van der Waals surface area contributed by atoms with Crippen molar-refractivity contribution in [1.82, 2.24) is 9.80 Å². The number of piperidine rings is 1. The molecular weight excluding hydrogens is 336 g/mol. The van der Waals surface area contributed by atoms with Gasteiger partial charge in [0.25, 0.3) is 0 Å². The standard InChI is InChI=1S/C23H30N2O2/c1-2-24(17-20-11-5-3-6-12-20)22-15-9-10-16-25(22)18-23(26)27-19-21-13-7-4-8-14-21/h3-8,11-14,22H,2,9-10,15-19H2,1H3. The van der Waals surface area contributed by atoms with E-state index >= 15 is 0 Å². The van der Waals surface area contributed by atoms with Gasteiger partial charge < -0.3 is 4.74 Å². The van der Waals surface area contributed by atoms with Gasteiger partial charge in [0, 0.05) is 13.1 Å². The smallest absolute Gasteiger partial charge is 0.320 e. The van der Waals surface area contributed by atoms with Crippen LogP contribution in [0.1, 0.15) is 37.3 Å². The van der Waals surface area contributed by atoms with Gasteiger partial charge in [-0.1, -0.05) is 67.6 Å². The Labute approximate surface area is 162 Å². The van der Waals surface area contributed by atoms with Crippen LogP contribution in [0.15, 0.2) is 60.7 Å². The van der Waals surface area contributed by atoms with Crippen LogP contribution in [-0.2, 0) is 22.7 Å². The first-order chi connectivity index (χ1) is 13.3. The van der Waals surface area contributed by atoms with Gasteiger partial charge in [-0.05, 0) is 36.9 Å². The van der Waals surface area contributed by atoms with Crippen LogP contribution in [0.4, 0.5) is 0 Å². The molecule has 0 amide bonds. The zero-order valence-electron chi connectivity index (χ0n) is 16.2. The van der Waals surface area contributed by atoms with E-state index in [2.05, 4.69) is 47.1 Å². The molecule has 0 aliphatic carbocycles. The van der Waals surface area contributed by atoms with Crippen molar-refractivity contribution in [2.75, 3.05) is 19.6 Å². The van der Waals surface area contributed by atoms with E-state index in [-0.39, 0.29) is 5.97 Å². The third-order valence-corrected chi connectivity index (χ3v) is 5.21. The minimum atomic E-state index is -0.137. The van der Waals surface area contributed by atoms with Crippen molar-refractivity contribution in [3.63, 3.8) is 0 Å². The zero-order chi connectivity index (χ0) is 18.9. The van der Waals surface area contributed by atoms with Crippen LogP contribution in [0.3, 0.4) is 0 Å². The molecule has 4 heteroatoms. The van der Waals surface area contributed by atoms with Crippen molar-refractivity contribution < 1.29 is 9.53 Å². The van der Waals surface area contributed by atoms with Crippen LogP contribution in [0.5, 0.6) is 0 Å². The summed E-state index contributed by atoms with van der Waals surface area (Å²) in [6, 6.07) is 20.4. The van der Waals surface area contributed by atoms with Crippen molar-refractivity contribution in [2.45, 2.75) is 45.5 Å². The molecule has 1 unspecified atom stereocenters. The second-order valence-corrected chi connectivity index (χ2v) is 7.14. The Bertz CT molecular complexity index is 690. The minimum Gasteiger partial charge on any atom is -0.460 e. The highest BCUT2D eigenvalue weighted by molar-refractivity contribution is 5.71. The minimum absolute atomic E-state index is 0.137. The van der Waals surface area contributed by atoms with Crippen LogP contribution >= 0.6 is 0 Å². The summed E-state index contributed by atoms with van der Waals surface area (Å²) < 4.78 is 5.51. The molecule has 0 saturated carbocycles. The summed E-state index contributed by atoms with van der Waals surface area (Å²) in [5, 5.41) is 0. The molecule has 1 atom stereocenters. The molecule has 0 spiro atoms. The van der Waals surface area contributed by atoms with Gasteiger partial charge in [-0.2, -0.15) is 0 Å². The third kappa shape index (κ3) is 5.91. The van der Waals surface area contributed by atoms with Crippen molar-refractivity contribution in [3.05, 3.63) is 71.8 Å². The quantitative estimate of drug-likeness (QED) is 0.660. The number of carbonyl (C=O) groups excluding carboxylic acids is 1. The molecule has 1 fully saturated rings.